The van der Waals surface area contributed by atoms with Gasteiger partial charge in [0.05, 0.1) is 0 Å². The summed E-state index contributed by atoms with van der Waals surface area (Å²) in [4.78, 5) is 13.4. The van der Waals surface area contributed by atoms with Crippen molar-refractivity contribution in [2.24, 2.45) is 0 Å². The summed E-state index contributed by atoms with van der Waals surface area (Å²) in [6.07, 6.45) is 7.29. The van der Waals surface area contributed by atoms with Gasteiger partial charge in [-0.3, -0.25) is 4.90 Å². The van der Waals surface area contributed by atoms with Crippen LogP contribution in [-0.4, -0.2) is 48.5 Å². The largest absolute Gasteiger partial charge is 0.348 e. The summed E-state index contributed by atoms with van der Waals surface area (Å²) in [5.41, 5.74) is 2.86. The first-order chi connectivity index (χ1) is 12.7. The molecule has 1 aromatic carbocycles. The molecule has 4 nitrogen and oxygen atoms in total. The molecule has 0 N–H and O–H groups in total. The zero-order valence-electron chi connectivity index (χ0n) is 16.0. The van der Waals surface area contributed by atoms with Crippen molar-refractivity contribution in [1.29, 1.82) is 0 Å². The van der Waals surface area contributed by atoms with Crippen molar-refractivity contribution in [2.75, 3.05) is 38.6 Å². The molecule has 3 heterocycles. The van der Waals surface area contributed by atoms with Crippen molar-refractivity contribution in [3.8, 4) is 0 Å². The molecule has 1 atom stereocenters. The van der Waals surface area contributed by atoms with Gasteiger partial charge in [0, 0.05) is 43.3 Å². The van der Waals surface area contributed by atoms with Gasteiger partial charge in [0.1, 0.15) is 0 Å². The minimum Gasteiger partial charge on any atom is -0.348 e. The number of rotatable bonds is 6. The molecular formula is C21H30N4S. The Balaban J connectivity index is 1.41. The number of thiazole rings is 1. The number of likely N-dealkylation sites (tertiary alicyclic amines) is 1. The van der Waals surface area contributed by atoms with Crippen molar-refractivity contribution >= 4 is 16.5 Å². The monoisotopic (exact) mass is 370 g/mol. The minimum atomic E-state index is 0.556. The number of nitrogens with zero attached hydrogens (tertiary/aromatic N) is 4. The second kappa shape index (κ2) is 8.07. The molecule has 2 fully saturated rings. The molecule has 0 radical (unpaired) electrons. The Hall–Kier alpha value is -1.43. The van der Waals surface area contributed by atoms with Crippen molar-refractivity contribution in [3.63, 3.8) is 0 Å². The molecule has 2 aliphatic rings. The maximum Gasteiger partial charge on any atom is 0.185 e. The van der Waals surface area contributed by atoms with Gasteiger partial charge in [-0.05, 0) is 57.5 Å². The Morgan fingerprint density at radius 2 is 1.85 bits per heavy atom. The first-order valence-electron chi connectivity index (χ1n) is 9.86. The van der Waals surface area contributed by atoms with Crippen LogP contribution in [-0.2, 0) is 13.1 Å². The van der Waals surface area contributed by atoms with Crippen molar-refractivity contribution < 1.29 is 0 Å². The number of hydrogen-bond donors (Lipinski definition) is 0. The lowest BCUT2D eigenvalue weighted by Gasteiger charge is -2.24. The standard InChI is InChI=1S/C21H30N4S/c1-23(2)15-17-7-9-18(10-8-17)20-6-5-13-25(20)16-19-14-22-21(26-19)24-11-3-4-12-24/h7-10,14,20H,3-6,11-13,15-16H2,1-2H3/t20-/m0/s1. The third kappa shape index (κ3) is 4.11. The van der Waals surface area contributed by atoms with Crippen LogP contribution in [0.3, 0.4) is 0 Å². The molecule has 1 aromatic heterocycles. The summed E-state index contributed by atoms with van der Waals surface area (Å²) in [7, 11) is 4.25. The van der Waals surface area contributed by atoms with E-state index >= 15 is 0 Å². The van der Waals surface area contributed by atoms with Crippen LogP contribution in [0.1, 0.15) is 47.7 Å². The summed E-state index contributed by atoms with van der Waals surface area (Å²) in [6, 6.07) is 9.82. The average Bonchev–Trinajstić information content (AvgIpc) is 3.37. The van der Waals surface area contributed by atoms with Gasteiger partial charge in [0.2, 0.25) is 0 Å². The molecule has 0 spiro atoms. The zero-order chi connectivity index (χ0) is 17.9. The van der Waals surface area contributed by atoms with Crippen LogP contribution in [0.5, 0.6) is 0 Å². The quantitative estimate of drug-likeness (QED) is 0.762. The molecule has 2 aromatic rings. The van der Waals surface area contributed by atoms with Gasteiger partial charge >= 0.3 is 0 Å². The van der Waals surface area contributed by atoms with Crippen molar-refractivity contribution in [2.45, 2.75) is 44.8 Å². The Labute approximate surface area is 161 Å². The van der Waals surface area contributed by atoms with Crippen LogP contribution in [0.2, 0.25) is 0 Å². The molecule has 140 valence electrons. The fraction of sp³-hybridized carbons (Fsp3) is 0.571. The zero-order valence-corrected chi connectivity index (χ0v) is 16.8. The highest BCUT2D eigenvalue weighted by Gasteiger charge is 2.27. The first kappa shape index (κ1) is 18.0. The molecule has 0 bridgehead atoms. The minimum absolute atomic E-state index is 0.556. The van der Waals surface area contributed by atoms with Gasteiger partial charge in [0.15, 0.2) is 5.13 Å². The Kier molecular flexibility index (Phi) is 5.57. The second-order valence-electron chi connectivity index (χ2n) is 7.91. The van der Waals surface area contributed by atoms with Crippen LogP contribution >= 0.6 is 11.3 Å². The average molecular weight is 371 g/mol. The number of hydrogen-bond acceptors (Lipinski definition) is 5. The van der Waals surface area contributed by atoms with Crippen LogP contribution in [0, 0.1) is 0 Å². The van der Waals surface area contributed by atoms with E-state index in [2.05, 4.69) is 59.3 Å². The van der Waals surface area contributed by atoms with Gasteiger partial charge in [-0.1, -0.05) is 24.3 Å². The molecule has 5 heteroatoms. The van der Waals surface area contributed by atoms with Crippen LogP contribution in [0.15, 0.2) is 30.5 Å². The fourth-order valence-electron chi connectivity index (χ4n) is 4.23. The molecule has 0 saturated carbocycles. The highest BCUT2D eigenvalue weighted by atomic mass is 32.1. The SMILES string of the molecule is CN(C)Cc1ccc([C@@H]2CCCN2Cc2cnc(N3CCCC3)s2)cc1. The van der Waals surface area contributed by atoms with Crippen LogP contribution in [0.25, 0.3) is 0 Å². The molecule has 4 rings (SSSR count). The normalized spacial score (nSPS) is 21.2. The smallest absolute Gasteiger partial charge is 0.185 e. The first-order valence-corrected chi connectivity index (χ1v) is 10.7. The molecular weight excluding hydrogens is 340 g/mol. The lowest BCUT2D eigenvalue weighted by atomic mass is 10.0. The highest BCUT2D eigenvalue weighted by molar-refractivity contribution is 7.15. The summed E-state index contributed by atoms with van der Waals surface area (Å²) in [5.74, 6) is 0. The van der Waals surface area contributed by atoms with Gasteiger partial charge in [0.25, 0.3) is 0 Å². The summed E-state index contributed by atoms with van der Waals surface area (Å²) in [6.45, 7) is 5.60. The summed E-state index contributed by atoms with van der Waals surface area (Å²) >= 11 is 1.89. The molecule has 0 unspecified atom stereocenters. The number of benzene rings is 1. The van der Waals surface area contributed by atoms with E-state index < -0.39 is 0 Å². The lowest BCUT2D eigenvalue weighted by molar-refractivity contribution is 0.250. The third-order valence-electron chi connectivity index (χ3n) is 5.50. The topological polar surface area (TPSA) is 22.6 Å². The number of anilines is 1. The highest BCUT2D eigenvalue weighted by Crippen LogP contribution is 2.35. The molecule has 0 amide bonds. The van der Waals surface area contributed by atoms with E-state index in [1.165, 1.54) is 66.5 Å². The summed E-state index contributed by atoms with van der Waals surface area (Å²) < 4.78 is 0. The molecule has 26 heavy (non-hydrogen) atoms. The van der Waals surface area contributed by atoms with E-state index in [9.17, 15) is 0 Å². The molecule has 2 saturated heterocycles. The fourth-order valence-corrected chi connectivity index (χ4v) is 5.22. The van der Waals surface area contributed by atoms with Crippen molar-refractivity contribution in [1.82, 2.24) is 14.8 Å². The van der Waals surface area contributed by atoms with E-state index in [4.69, 9.17) is 4.98 Å². The third-order valence-corrected chi connectivity index (χ3v) is 6.55. The van der Waals surface area contributed by atoms with Crippen molar-refractivity contribution in [3.05, 3.63) is 46.5 Å². The van der Waals surface area contributed by atoms with Gasteiger partial charge < -0.3 is 9.80 Å². The van der Waals surface area contributed by atoms with E-state index in [-0.39, 0.29) is 0 Å². The van der Waals surface area contributed by atoms with E-state index in [0.717, 1.165) is 13.1 Å². The van der Waals surface area contributed by atoms with E-state index in [1.807, 2.05) is 11.3 Å². The molecule has 2 aliphatic heterocycles. The lowest BCUT2D eigenvalue weighted by Crippen LogP contribution is -2.22. The Morgan fingerprint density at radius 1 is 1.08 bits per heavy atom. The Bertz CT molecular complexity index is 703. The van der Waals surface area contributed by atoms with Gasteiger partial charge in [-0.15, -0.1) is 11.3 Å². The van der Waals surface area contributed by atoms with Gasteiger partial charge in [-0.2, -0.15) is 0 Å². The van der Waals surface area contributed by atoms with Crippen LogP contribution in [0.4, 0.5) is 5.13 Å². The van der Waals surface area contributed by atoms with Crippen LogP contribution < -0.4 is 4.90 Å². The predicted octanol–water partition coefficient (Wildman–Crippen LogP) is 4.14. The van der Waals surface area contributed by atoms with E-state index in [0.29, 0.717) is 6.04 Å². The predicted molar refractivity (Wildman–Crippen MR) is 110 cm³/mol. The maximum absolute atomic E-state index is 4.69. The molecule has 0 aliphatic carbocycles. The Morgan fingerprint density at radius 3 is 2.58 bits per heavy atom. The second-order valence-corrected chi connectivity index (χ2v) is 9.00. The van der Waals surface area contributed by atoms with E-state index in [1.54, 1.807) is 0 Å². The number of aromatic nitrogens is 1. The summed E-state index contributed by atoms with van der Waals surface area (Å²) in [5, 5.41) is 1.22. The maximum atomic E-state index is 4.69. The van der Waals surface area contributed by atoms with Gasteiger partial charge in [-0.25, -0.2) is 4.98 Å².